The van der Waals surface area contributed by atoms with Gasteiger partial charge in [0.05, 0.1) is 31.3 Å². The lowest BCUT2D eigenvalue weighted by Crippen LogP contribution is -2.35. The third-order valence-electron chi connectivity index (χ3n) is 2.71. The molecule has 0 heterocycles. The van der Waals surface area contributed by atoms with Crippen LogP contribution < -0.4 is 20.1 Å². The number of rotatable bonds is 7. The molecular weight excluding hydrogens is 294 g/mol. The molecule has 1 rings (SSSR count). The van der Waals surface area contributed by atoms with Crippen molar-refractivity contribution < 1.29 is 24.0 Å². The minimum absolute atomic E-state index is 0.149. The molecule has 120 valence electrons. The van der Waals surface area contributed by atoms with Gasteiger partial charge in [-0.2, -0.15) is 0 Å². The quantitative estimate of drug-likeness (QED) is 0.558. The van der Waals surface area contributed by atoms with Crippen LogP contribution in [0.25, 0.3) is 0 Å². The number of nitro benzene ring substituents is 1. The summed E-state index contributed by atoms with van der Waals surface area (Å²) in [6.07, 6.45) is 0. The second-order valence-electron chi connectivity index (χ2n) is 4.07. The first-order chi connectivity index (χ1) is 10.4. The van der Waals surface area contributed by atoms with Crippen molar-refractivity contribution in [3.05, 3.63) is 27.8 Å². The number of nitro groups is 1. The molecule has 0 aliphatic rings. The molecule has 0 fully saturated rings. The molecule has 0 aromatic heterocycles. The lowest BCUT2D eigenvalue weighted by Gasteiger charge is -2.11. The maximum absolute atomic E-state index is 12.1. The molecule has 0 aliphatic heterocycles. The Kier molecular flexibility index (Phi) is 6.11. The molecule has 0 spiro atoms. The van der Waals surface area contributed by atoms with E-state index in [4.69, 9.17) is 9.47 Å². The van der Waals surface area contributed by atoms with Gasteiger partial charge in [0.25, 0.3) is 11.6 Å². The maximum Gasteiger partial charge on any atom is 0.286 e. The lowest BCUT2D eigenvalue weighted by molar-refractivity contribution is -0.385. The number of hydrogen-bond donors (Lipinski definition) is 2. The zero-order chi connectivity index (χ0) is 16.7. The van der Waals surface area contributed by atoms with Crippen LogP contribution in [0, 0.1) is 10.1 Å². The van der Waals surface area contributed by atoms with Crippen molar-refractivity contribution >= 4 is 17.5 Å². The third kappa shape index (κ3) is 4.08. The number of hydrogen-bond acceptors (Lipinski definition) is 6. The molecule has 22 heavy (non-hydrogen) atoms. The van der Waals surface area contributed by atoms with Crippen molar-refractivity contribution in [1.29, 1.82) is 0 Å². The van der Waals surface area contributed by atoms with Crippen LogP contribution in [-0.4, -0.2) is 44.0 Å². The van der Waals surface area contributed by atoms with Gasteiger partial charge in [0.1, 0.15) is 5.56 Å². The van der Waals surface area contributed by atoms with E-state index in [1.807, 2.05) is 0 Å². The number of ether oxygens (including phenoxy) is 2. The zero-order valence-corrected chi connectivity index (χ0v) is 12.5. The van der Waals surface area contributed by atoms with E-state index in [0.29, 0.717) is 6.61 Å². The van der Waals surface area contributed by atoms with Crippen LogP contribution in [0.4, 0.5) is 5.69 Å². The zero-order valence-electron chi connectivity index (χ0n) is 12.5. The molecule has 1 aromatic carbocycles. The number of methoxy groups -OCH3 is 1. The van der Waals surface area contributed by atoms with Crippen molar-refractivity contribution in [2.24, 2.45) is 0 Å². The van der Waals surface area contributed by atoms with Crippen molar-refractivity contribution in [1.82, 2.24) is 10.6 Å². The fraction of sp³-hybridized carbons (Fsp3) is 0.385. The van der Waals surface area contributed by atoms with Gasteiger partial charge in [0.2, 0.25) is 5.91 Å². The predicted molar refractivity (Wildman–Crippen MR) is 77.2 cm³/mol. The number of likely N-dealkylation sites (N-methyl/N-ethyl adjacent to an activating group) is 1. The minimum atomic E-state index is -0.751. The third-order valence-corrected chi connectivity index (χ3v) is 2.71. The number of carbonyl (C=O) groups is 2. The Balaban J connectivity index is 3.19. The van der Waals surface area contributed by atoms with E-state index < -0.39 is 22.4 Å². The Morgan fingerprint density at radius 3 is 2.50 bits per heavy atom. The predicted octanol–water partition coefficient (Wildman–Crippen LogP) is 0.478. The van der Waals surface area contributed by atoms with Crippen molar-refractivity contribution in [2.45, 2.75) is 6.92 Å². The Hall–Kier alpha value is -2.84. The van der Waals surface area contributed by atoms with Crippen molar-refractivity contribution in [3.8, 4) is 11.5 Å². The maximum atomic E-state index is 12.1. The Labute approximate surface area is 126 Å². The fourth-order valence-electron chi connectivity index (χ4n) is 1.65. The fourth-order valence-corrected chi connectivity index (χ4v) is 1.65. The van der Waals surface area contributed by atoms with E-state index in [-0.39, 0.29) is 23.6 Å². The molecule has 9 heteroatoms. The molecule has 0 unspecified atom stereocenters. The summed E-state index contributed by atoms with van der Waals surface area (Å²) in [6, 6.07) is 2.33. The van der Waals surface area contributed by atoms with Gasteiger partial charge in [0.15, 0.2) is 11.5 Å². The number of nitrogens with one attached hydrogen (secondary N) is 2. The standard InChI is InChI=1S/C13H17N3O6/c1-4-22-11-5-8(13(18)15-7-12(17)14-2)9(16(19)20)6-10(11)21-3/h5-6H,4,7H2,1-3H3,(H,14,17)(H,15,18). The van der Waals surface area contributed by atoms with E-state index in [9.17, 15) is 19.7 Å². The van der Waals surface area contributed by atoms with Crippen LogP contribution in [0.1, 0.15) is 17.3 Å². The summed E-state index contributed by atoms with van der Waals surface area (Å²) >= 11 is 0. The molecule has 0 bridgehead atoms. The average molecular weight is 311 g/mol. The minimum Gasteiger partial charge on any atom is -0.493 e. The Morgan fingerprint density at radius 2 is 2.00 bits per heavy atom. The first kappa shape index (κ1) is 17.2. The molecule has 0 radical (unpaired) electrons. The molecule has 2 amide bonds. The van der Waals surface area contributed by atoms with E-state index >= 15 is 0 Å². The summed E-state index contributed by atoms with van der Waals surface area (Å²) < 4.78 is 10.3. The first-order valence-corrected chi connectivity index (χ1v) is 6.42. The van der Waals surface area contributed by atoms with Crippen molar-refractivity contribution in [3.63, 3.8) is 0 Å². The van der Waals surface area contributed by atoms with Crippen molar-refractivity contribution in [2.75, 3.05) is 27.3 Å². The molecule has 1 aromatic rings. The largest absolute Gasteiger partial charge is 0.493 e. The number of benzene rings is 1. The van der Waals surface area contributed by atoms with Gasteiger partial charge in [-0.05, 0) is 6.92 Å². The van der Waals surface area contributed by atoms with Crippen LogP contribution in [0.5, 0.6) is 11.5 Å². The van der Waals surface area contributed by atoms with E-state index in [1.54, 1.807) is 6.92 Å². The molecule has 9 nitrogen and oxygen atoms in total. The molecule has 0 atom stereocenters. The van der Waals surface area contributed by atoms with Crippen LogP contribution in [-0.2, 0) is 4.79 Å². The lowest BCUT2D eigenvalue weighted by atomic mass is 10.1. The molecule has 0 saturated carbocycles. The second kappa shape index (κ2) is 7.81. The van der Waals surface area contributed by atoms with Gasteiger partial charge in [-0.25, -0.2) is 0 Å². The molecule has 0 aliphatic carbocycles. The summed E-state index contributed by atoms with van der Waals surface area (Å²) in [5.74, 6) is -0.814. The SMILES string of the molecule is CCOc1cc(C(=O)NCC(=O)NC)c([N+](=O)[O-])cc1OC. The summed E-state index contributed by atoms with van der Waals surface area (Å²) in [5.41, 5.74) is -0.645. The summed E-state index contributed by atoms with van der Waals surface area (Å²) in [7, 11) is 2.75. The molecule has 0 saturated heterocycles. The number of nitrogens with zero attached hydrogens (tertiary/aromatic N) is 1. The smallest absolute Gasteiger partial charge is 0.286 e. The monoisotopic (exact) mass is 311 g/mol. The van der Waals surface area contributed by atoms with Crippen LogP contribution >= 0.6 is 0 Å². The van der Waals surface area contributed by atoms with Gasteiger partial charge in [-0.3, -0.25) is 19.7 Å². The average Bonchev–Trinajstić information content (AvgIpc) is 2.51. The van der Waals surface area contributed by atoms with Crippen LogP contribution in [0.15, 0.2) is 12.1 Å². The molecule has 2 N–H and O–H groups in total. The van der Waals surface area contributed by atoms with Crippen LogP contribution in [0.3, 0.4) is 0 Å². The summed E-state index contributed by atoms with van der Waals surface area (Å²) in [5, 5.41) is 15.7. The van der Waals surface area contributed by atoms with Gasteiger partial charge >= 0.3 is 0 Å². The Bertz CT molecular complexity index is 587. The highest BCUT2D eigenvalue weighted by Crippen LogP contribution is 2.34. The topological polar surface area (TPSA) is 120 Å². The normalized spacial score (nSPS) is 9.77. The van der Waals surface area contributed by atoms with Crippen LogP contribution in [0.2, 0.25) is 0 Å². The highest BCUT2D eigenvalue weighted by atomic mass is 16.6. The van der Waals surface area contributed by atoms with Gasteiger partial charge in [0, 0.05) is 13.1 Å². The summed E-state index contributed by atoms with van der Waals surface area (Å²) in [4.78, 5) is 33.6. The first-order valence-electron chi connectivity index (χ1n) is 6.42. The van der Waals surface area contributed by atoms with Gasteiger partial charge < -0.3 is 20.1 Å². The van der Waals surface area contributed by atoms with E-state index in [2.05, 4.69) is 10.6 Å². The van der Waals surface area contributed by atoms with E-state index in [0.717, 1.165) is 6.07 Å². The van der Waals surface area contributed by atoms with E-state index in [1.165, 1.54) is 20.2 Å². The van der Waals surface area contributed by atoms with Gasteiger partial charge in [-0.1, -0.05) is 0 Å². The highest BCUT2D eigenvalue weighted by Gasteiger charge is 2.24. The number of carbonyl (C=O) groups excluding carboxylic acids is 2. The van der Waals surface area contributed by atoms with Gasteiger partial charge in [-0.15, -0.1) is 0 Å². The second-order valence-corrected chi connectivity index (χ2v) is 4.07. The molecular formula is C13H17N3O6. The highest BCUT2D eigenvalue weighted by molar-refractivity contribution is 6.00. The number of amides is 2. The Morgan fingerprint density at radius 1 is 1.32 bits per heavy atom. The summed E-state index contributed by atoms with van der Waals surface area (Å²) in [6.45, 7) is 1.74.